The summed E-state index contributed by atoms with van der Waals surface area (Å²) in [6.45, 7) is 7.27. The van der Waals surface area contributed by atoms with E-state index in [0.29, 0.717) is 22.5 Å². The van der Waals surface area contributed by atoms with Crippen molar-refractivity contribution in [3.8, 4) is 5.88 Å². The summed E-state index contributed by atoms with van der Waals surface area (Å²) in [5.41, 5.74) is 0. The molecule has 1 fully saturated rings. The number of rotatable bonds is 3. The van der Waals surface area contributed by atoms with E-state index in [4.69, 9.17) is 17.2 Å². The minimum absolute atomic E-state index is 0.262. The van der Waals surface area contributed by atoms with Crippen LogP contribution in [-0.4, -0.2) is 21.9 Å². The van der Waals surface area contributed by atoms with Crippen LogP contribution in [0.3, 0.4) is 0 Å². The third-order valence-electron chi connectivity index (χ3n) is 4.26. The molecule has 2 rings (SSSR count). The van der Waals surface area contributed by atoms with Crippen molar-refractivity contribution >= 4 is 29.8 Å². The first-order chi connectivity index (χ1) is 9.04. The Labute approximate surface area is 124 Å². The Balaban J connectivity index is 2.16. The summed E-state index contributed by atoms with van der Waals surface area (Å²) in [4.78, 5) is 5.49. The van der Waals surface area contributed by atoms with E-state index in [1.165, 1.54) is 24.2 Å². The Hall–Kier alpha value is -0.680. The summed E-state index contributed by atoms with van der Waals surface area (Å²) in [5, 5.41) is 10.1. The zero-order valence-corrected chi connectivity index (χ0v) is 13.4. The van der Waals surface area contributed by atoms with Crippen molar-refractivity contribution in [1.29, 1.82) is 0 Å². The maximum atomic E-state index is 10.1. The lowest BCUT2D eigenvalue weighted by molar-refractivity contribution is 0.242. The molecule has 0 bridgehead atoms. The van der Waals surface area contributed by atoms with Crippen LogP contribution >= 0.6 is 23.6 Å². The number of hydrogen-bond acceptors (Lipinski definition) is 4. The minimum atomic E-state index is 0.262. The van der Waals surface area contributed by atoms with Crippen LogP contribution in [0.15, 0.2) is 4.99 Å². The molecule has 3 nitrogen and oxygen atoms in total. The van der Waals surface area contributed by atoms with Crippen molar-refractivity contribution < 1.29 is 5.11 Å². The quantitative estimate of drug-likeness (QED) is 0.669. The smallest absolute Gasteiger partial charge is 0.212 e. The maximum Gasteiger partial charge on any atom is 0.212 e. The summed E-state index contributed by atoms with van der Waals surface area (Å²) in [5.74, 6) is 1.62. The fraction of sp³-hybridized carbons (Fsp3) is 0.714. The predicted octanol–water partition coefficient (Wildman–Crippen LogP) is 4.25. The van der Waals surface area contributed by atoms with Gasteiger partial charge >= 0.3 is 0 Å². The lowest BCUT2D eigenvalue weighted by Gasteiger charge is -2.31. The molecule has 19 heavy (non-hydrogen) atoms. The van der Waals surface area contributed by atoms with Gasteiger partial charge in [0.25, 0.3) is 0 Å². The first kappa shape index (κ1) is 14.7. The molecule has 1 N–H and O–H groups in total. The van der Waals surface area contributed by atoms with Crippen molar-refractivity contribution in [2.75, 3.05) is 0 Å². The van der Waals surface area contributed by atoms with Gasteiger partial charge in [0, 0.05) is 12.8 Å². The van der Waals surface area contributed by atoms with Gasteiger partial charge in [-0.05, 0) is 37.4 Å². The van der Waals surface area contributed by atoms with E-state index in [-0.39, 0.29) is 5.88 Å². The van der Waals surface area contributed by atoms with Gasteiger partial charge in [-0.2, -0.15) is 0 Å². The number of aliphatic imine (C=N–C) groups is 1. The molecule has 0 unspecified atom stereocenters. The highest BCUT2D eigenvalue weighted by Crippen LogP contribution is 2.32. The van der Waals surface area contributed by atoms with E-state index in [9.17, 15) is 5.11 Å². The molecule has 1 aromatic heterocycles. The van der Waals surface area contributed by atoms with Crippen LogP contribution in [0.5, 0.6) is 5.88 Å². The SMILES string of the molecule is CCn1c(O)c(C=N[C@@H]2CCC[C@H](C)[C@@H]2C)sc1=S. The fourth-order valence-electron chi connectivity index (χ4n) is 2.70. The molecule has 1 saturated carbocycles. The standard InChI is InChI=1S/C14H22N2OS2/c1-4-16-13(17)12(19-14(16)18)8-15-11-7-5-6-9(2)10(11)3/h8-11,17H,4-7H2,1-3H3/t9-,10-,11+/m0/s1. The van der Waals surface area contributed by atoms with Gasteiger partial charge in [-0.25, -0.2) is 0 Å². The molecule has 1 aromatic rings. The largest absolute Gasteiger partial charge is 0.493 e. The molecule has 0 aromatic carbocycles. The number of hydrogen-bond donors (Lipinski definition) is 1. The molecule has 1 heterocycles. The van der Waals surface area contributed by atoms with Crippen molar-refractivity contribution in [2.24, 2.45) is 16.8 Å². The molecule has 0 saturated heterocycles. The van der Waals surface area contributed by atoms with Crippen molar-refractivity contribution in [2.45, 2.75) is 52.6 Å². The van der Waals surface area contributed by atoms with Crippen LogP contribution < -0.4 is 0 Å². The number of nitrogens with zero attached hydrogens (tertiary/aromatic N) is 2. The van der Waals surface area contributed by atoms with E-state index in [1.807, 2.05) is 13.1 Å². The third-order valence-corrected chi connectivity index (χ3v) is 5.63. The highest BCUT2D eigenvalue weighted by molar-refractivity contribution is 7.73. The maximum absolute atomic E-state index is 10.1. The highest BCUT2D eigenvalue weighted by Gasteiger charge is 2.26. The molecule has 3 atom stereocenters. The van der Waals surface area contributed by atoms with E-state index in [2.05, 4.69) is 13.8 Å². The van der Waals surface area contributed by atoms with Gasteiger partial charge in [0.1, 0.15) is 4.88 Å². The van der Waals surface area contributed by atoms with Crippen LogP contribution in [0.1, 0.15) is 44.9 Å². The average Bonchev–Trinajstić information content (AvgIpc) is 2.66. The Kier molecular flexibility index (Phi) is 4.79. The summed E-state index contributed by atoms with van der Waals surface area (Å²) in [7, 11) is 0. The Morgan fingerprint density at radius 1 is 1.47 bits per heavy atom. The second-order valence-electron chi connectivity index (χ2n) is 5.41. The molecule has 106 valence electrons. The molecular weight excluding hydrogens is 276 g/mol. The van der Waals surface area contributed by atoms with Gasteiger partial charge in [-0.15, -0.1) is 0 Å². The van der Waals surface area contributed by atoms with E-state index >= 15 is 0 Å². The zero-order chi connectivity index (χ0) is 14.0. The zero-order valence-electron chi connectivity index (χ0n) is 11.8. The number of aromatic nitrogens is 1. The van der Waals surface area contributed by atoms with Gasteiger partial charge in [0.15, 0.2) is 3.95 Å². The molecular formula is C14H22N2OS2. The first-order valence-electron chi connectivity index (χ1n) is 7.00. The number of thiazole rings is 1. The van der Waals surface area contributed by atoms with Crippen LogP contribution in [0, 0.1) is 15.8 Å². The molecule has 0 amide bonds. The monoisotopic (exact) mass is 298 g/mol. The van der Waals surface area contributed by atoms with E-state index in [1.54, 1.807) is 4.57 Å². The minimum Gasteiger partial charge on any atom is -0.493 e. The molecule has 1 aliphatic rings. The van der Waals surface area contributed by atoms with Gasteiger partial charge in [0.2, 0.25) is 5.88 Å². The second-order valence-corrected chi connectivity index (χ2v) is 7.09. The lowest BCUT2D eigenvalue weighted by atomic mass is 9.78. The molecule has 0 radical (unpaired) electrons. The summed E-state index contributed by atoms with van der Waals surface area (Å²) in [6, 6.07) is 0.383. The van der Waals surface area contributed by atoms with Gasteiger partial charge in [-0.3, -0.25) is 9.56 Å². The highest BCUT2D eigenvalue weighted by atomic mass is 32.1. The Morgan fingerprint density at radius 3 is 2.84 bits per heavy atom. The average molecular weight is 298 g/mol. The summed E-state index contributed by atoms with van der Waals surface area (Å²) < 4.78 is 2.46. The van der Waals surface area contributed by atoms with Crippen LogP contribution in [0.4, 0.5) is 0 Å². The van der Waals surface area contributed by atoms with Crippen LogP contribution in [-0.2, 0) is 6.54 Å². The van der Waals surface area contributed by atoms with Crippen molar-refractivity contribution in [1.82, 2.24) is 4.57 Å². The van der Waals surface area contributed by atoms with Crippen LogP contribution in [0.25, 0.3) is 0 Å². The van der Waals surface area contributed by atoms with E-state index < -0.39 is 0 Å². The predicted molar refractivity (Wildman–Crippen MR) is 84.0 cm³/mol. The topological polar surface area (TPSA) is 37.5 Å². The summed E-state index contributed by atoms with van der Waals surface area (Å²) in [6.07, 6.45) is 5.54. The van der Waals surface area contributed by atoms with Gasteiger partial charge < -0.3 is 5.11 Å². The Morgan fingerprint density at radius 2 is 2.21 bits per heavy atom. The molecule has 0 spiro atoms. The third kappa shape index (κ3) is 3.08. The fourth-order valence-corrected chi connectivity index (χ4v) is 4.02. The molecule has 0 aliphatic heterocycles. The lowest BCUT2D eigenvalue weighted by Crippen LogP contribution is -2.27. The molecule has 1 aliphatic carbocycles. The first-order valence-corrected chi connectivity index (χ1v) is 8.22. The van der Waals surface area contributed by atoms with Gasteiger partial charge in [0.05, 0.1) is 6.04 Å². The van der Waals surface area contributed by atoms with Crippen LogP contribution in [0.2, 0.25) is 0 Å². The van der Waals surface area contributed by atoms with E-state index in [0.717, 1.165) is 17.2 Å². The van der Waals surface area contributed by atoms with Crippen molar-refractivity contribution in [3.05, 3.63) is 8.83 Å². The normalized spacial score (nSPS) is 28.1. The Bertz CT molecular complexity index is 518. The van der Waals surface area contributed by atoms with Gasteiger partial charge in [-0.1, -0.05) is 38.0 Å². The van der Waals surface area contributed by atoms with Crippen molar-refractivity contribution in [3.63, 3.8) is 0 Å². The second kappa shape index (κ2) is 6.18. The molecule has 5 heteroatoms. The summed E-state index contributed by atoms with van der Waals surface area (Å²) >= 11 is 6.67. The number of aromatic hydroxyl groups is 1.